The molecule has 0 heterocycles. The summed E-state index contributed by atoms with van der Waals surface area (Å²) in [6.45, 7) is 0.0132. The predicted octanol–water partition coefficient (Wildman–Crippen LogP) is 0.824. The van der Waals surface area contributed by atoms with Gasteiger partial charge in [0.1, 0.15) is 17.1 Å². The fraction of sp³-hybridized carbons (Fsp3) is 0.273. The molecule has 1 aromatic rings. The molecule has 5 nitrogen and oxygen atoms in total. The third-order valence-electron chi connectivity index (χ3n) is 2.06. The molecule has 0 saturated heterocycles. The number of esters is 1. The van der Waals surface area contributed by atoms with E-state index in [9.17, 15) is 19.1 Å². The largest absolute Gasteiger partial charge is 0.507 e. The number of hydrogen-bond acceptors (Lipinski definition) is 4. The number of amides is 1. The lowest BCUT2D eigenvalue weighted by atomic mass is 10.1. The van der Waals surface area contributed by atoms with Gasteiger partial charge < -0.3 is 15.2 Å². The lowest BCUT2D eigenvalue weighted by Crippen LogP contribution is -2.27. The zero-order valence-electron chi connectivity index (χ0n) is 9.20. The van der Waals surface area contributed by atoms with Crippen molar-refractivity contribution in [3.8, 4) is 5.75 Å². The maximum absolute atomic E-state index is 13.2. The van der Waals surface area contributed by atoms with Crippen LogP contribution < -0.4 is 5.32 Å². The highest BCUT2D eigenvalue weighted by molar-refractivity contribution is 5.97. The molecule has 0 aliphatic carbocycles. The summed E-state index contributed by atoms with van der Waals surface area (Å²) < 4.78 is 17.6. The fourth-order valence-corrected chi connectivity index (χ4v) is 1.21. The molecule has 0 spiro atoms. The third-order valence-corrected chi connectivity index (χ3v) is 2.06. The average Bonchev–Trinajstić information content (AvgIpc) is 2.28. The number of nitrogens with one attached hydrogen (secondary N) is 1. The number of halogens is 1. The number of phenolic OH excluding ortho intramolecular Hbond substituents is 1. The van der Waals surface area contributed by atoms with E-state index < -0.39 is 29.0 Å². The zero-order valence-corrected chi connectivity index (χ0v) is 9.20. The minimum atomic E-state index is -0.819. The number of carbonyl (C=O) groups excluding carboxylic acids is 2. The molecule has 0 aromatic heterocycles. The van der Waals surface area contributed by atoms with Gasteiger partial charge in [0.25, 0.3) is 5.91 Å². The van der Waals surface area contributed by atoms with Gasteiger partial charge in [-0.15, -0.1) is 0 Å². The molecular weight excluding hydrogens is 229 g/mol. The third kappa shape index (κ3) is 3.44. The Hall–Kier alpha value is -2.11. The van der Waals surface area contributed by atoms with E-state index in [-0.39, 0.29) is 13.0 Å². The predicted molar refractivity (Wildman–Crippen MR) is 57.0 cm³/mol. The van der Waals surface area contributed by atoms with Crippen LogP contribution >= 0.6 is 0 Å². The van der Waals surface area contributed by atoms with E-state index in [1.54, 1.807) is 0 Å². The molecule has 0 atom stereocenters. The molecule has 6 heteroatoms. The Kier molecular flexibility index (Phi) is 4.45. The van der Waals surface area contributed by atoms with Crippen LogP contribution in [0.3, 0.4) is 0 Å². The van der Waals surface area contributed by atoms with Crippen molar-refractivity contribution >= 4 is 11.9 Å². The molecule has 0 aliphatic rings. The highest BCUT2D eigenvalue weighted by Gasteiger charge is 2.16. The molecule has 0 fully saturated rings. The molecule has 0 bridgehead atoms. The van der Waals surface area contributed by atoms with Crippen molar-refractivity contribution in [1.29, 1.82) is 0 Å². The summed E-state index contributed by atoms with van der Waals surface area (Å²) in [6.07, 6.45) is -0.0164. The summed E-state index contributed by atoms with van der Waals surface area (Å²) in [4.78, 5) is 22.3. The highest BCUT2D eigenvalue weighted by Crippen LogP contribution is 2.19. The average molecular weight is 241 g/mol. The van der Waals surface area contributed by atoms with Crippen LogP contribution in [-0.2, 0) is 9.53 Å². The van der Waals surface area contributed by atoms with Crippen LogP contribution in [0.4, 0.5) is 4.39 Å². The van der Waals surface area contributed by atoms with Gasteiger partial charge in [-0.25, -0.2) is 4.39 Å². The molecular formula is C11H12FNO4. The summed E-state index contributed by atoms with van der Waals surface area (Å²) >= 11 is 0. The Bertz CT molecular complexity index is 413. The Balaban J connectivity index is 2.61. The Morgan fingerprint density at radius 2 is 2.18 bits per heavy atom. The molecule has 1 rings (SSSR count). The summed E-state index contributed by atoms with van der Waals surface area (Å²) in [5, 5.41) is 11.6. The van der Waals surface area contributed by atoms with Crippen LogP contribution in [0.25, 0.3) is 0 Å². The molecule has 1 amide bonds. The molecule has 0 radical (unpaired) electrons. The Labute approximate surface area is 97.2 Å². The van der Waals surface area contributed by atoms with Crippen molar-refractivity contribution in [2.75, 3.05) is 13.7 Å². The maximum atomic E-state index is 13.2. The standard InChI is InChI=1S/C11H12FNO4/c1-17-9(15)5-6-13-11(16)10-7(12)3-2-4-8(10)14/h2-4,14H,5-6H2,1H3,(H,13,16). The first kappa shape index (κ1) is 13.0. The molecule has 0 aliphatic heterocycles. The van der Waals surface area contributed by atoms with Crippen LogP contribution in [0.15, 0.2) is 18.2 Å². The van der Waals surface area contributed by atoms with E-state index in [0.717, 1.165) is 6.07 Å². The first-order chi connectivity index (χ1) is 8.06. The number of methoxy groups -OCH3 is 1. The number of carbonyl (C=O) groups is 2. The first-order valence-electron chi connectivity index (χ1n) is 4.88. The van der Waals surface area contributed by atoms with Crippen molar-refractivity contribution in [2.24, 2.45) is 0 Å². The number of hydrogen-bond donors (Lipinski definition) is 2. The normalized spacial score (nSPS) is 9.76. The molecule has 92 valence electrons. The Morgan fingerprint density at radius 3 is 2.76 bits per heavy atom. The van der Waals surface area contributed by atoms with Gasteiger partial charge in [0.2, 0.25) is 0 Å². The first-order valence-corrected chi connectivity index (χ1v) is 4.88. The molecule has 1 aromatic carbocycles. The number of ether oxygens (including phenoxy) is 1. The molecule has 2 N–H and O–H groups in total. The van der Waals surface area contributed by atoms with E-state index in [2.05, 4.69) is 10.1 Å². The smallest absolute Gasteiger partial charge is 0.307 e. The van der Waals surface area contributed by atoms with Gasteiger partial charge in [-0.3, -0.25) is 9.59 Å². The van der Waals surface area contributed by atoms with Crippen molar-refractivity contribution in [1.82, 2.24) is 5.32 Å². The van der Waals surface area contributed by atoms with Gasteiger partial charge in [-0.2, -0.15) is 0 Å². The van der Waals surface area contributed by atoms with Crippen LogP contribution in [0.2, 0.25) is 0 Å². The van der Waals surface area contributed by atoms with E-state index in [4.69, 9.17) is 0 Å². The highest BCUT2D eigenvalue weighted by atomic mass is 19.1. The quantitative estimate of drug-likeness (QED) is 0.765. The lowest BCUT2D eigenvalue weighted by Gasteiger charge is -2.06. The van der Waals surface area contributed by atoms with Gasteiger partial charge in [-0.1, -0.05) is 6.07 Å². The maximum Gasteiger partial charge on any atom is 0.307 e. The van der Waals surface area contributed by atoms with Gasteiger partial charge in [0.15, 0.2) is 0 Å². The van der Waals surface area contributed by atoms with Crippen LogP contribution in [-0.4, -0.2) is 30.6 Å². The topological polar surface area (TPSA) is 75.6 Å². The summed E-state index contributed by atoms with van der Waals surface area (Å²) in [6, 6.07) is 3.56. The van der Waals surface area contributed by atoms with Crippen molar-refractivity contribution in [3.63, 3.8) is 0 Å². The van der Waals surface area contributed by atoms with Crippen molar-refractivity contribution in [3.05, 3.63) is 29.6 Å². The second-order valence-electron chi connectivity index (χ2n) is 3.22. The lowest BCUT2D eigenvalue weighted by molar-refractivity contribution is -0.140. The van der Waals surface area contributed by atoms with Gasteiger partial charge in [0.05, 0.1) is 13.5 Å². The number of rotatable bonds is 4. The SMILES string of the molecule is COC(=O)CCNC(=O)c1c(O)cccc1F. The second-order valence-corrected chi connectivity index (χ2v) is 3.22. The zero-order chi connectivity index (χ0) is 12.8. The number of aromatic hydroxyl groups is 1. The summed E-state index contributed by atoms with van der Waals surface area (Å²) in [5.41, 5.74) is -0.433. The summed E-state index contributed by atoms with van der Waals surface area (Å²) in [7, 11) is 1.23. The number of benzene rings is 1. The van der Waals surface area contributed by atoms with E-state index in [1.165, 1.54) is 19.2 Å². The van der Waals surface area contributed by atoms with Gasteiger partial charge in [-0.05, 0) is 12.1 Å². The van der Waals surface area contributed by atoms with E-state index >= 15 is 0 Å². The van der Waals surface area contributed by atoms with Crippen LogP contribution in [0.1, 0.15) is 16.8 Å². The van der Waals surface area contributed by atoms with E-state index in [0.29, 0.717) is 0 Å². The number of phenols is 1. The van der Waals surface area contributed by atoms with Gasteiger partial charge >= 0.3 is 5.97 Å². The minimum Gasteiger partial charge on any atom is -0.507 e. The van der Waals surface area contributed by atoms with Gasteiger partial charge in [0, 0.05) is 6.54 Å². The van der Waals surface area contributed by atoms with Crippen molar-refractivity contribution < 1.29 is 23.8 Å². The monoisotopic (exact) mass is 241 g/mol. The Morgan fingerprint density at radius 1 is 1.47 bits per heavy atom. The molecule has 0 saturated carbocycles. The molecule has 17 heavy (non-hydrogen) atoms. The van der Waals surface area contributed by atoms with Crippen molar-refractivity contribution in [2.45, 2.75) is 6.42 Å². The fourth-order valence-electron chi connectivity index (χ4n) is 1.21. The van der Waals surface area contributed by atoms with E-state index in [1.807, 2.05) is 0 Å². The minimum absolute atomic E-state index is 0.0132. The molecule has 0 unspecified atom stereocenters. The second kappa shape index (κ2) is 5.83. The van der Waals surface area contributed by atoms with Crippen LogP contribution in [0, 0.1) is 5.82 Å². The van der Waals surface area contributed by atoms with Crippen LogP contribution in [0.5, 0.6) is 5.75 Å². The summed E-state index contributed by atoms with van der Waals surface area (Å²) in [5.74, 6) is -2.52.